The van der Waals surface area contributed by atoms with Crippen molar-refractivity contribution in [2.75, 3.05) is 4.90 Å². The maximum absolute atomic E-state index is 4.15. The average molecular weight is 633 g/mol. The van der Waals surface area contributed by atoms with Crippen LogP contribution in [0.4, 0.5) is 17.1 Å². The number of anilines is 3. The first-order valence-electron chi connectivity index (χ1n) is 16.4. The van der Waals surface area contributed by atoms with Crippen molar-refractivity contribution >= 4 is 77.9 Å². The molecule has 7 aromatic carbocycles. The number of para-hydroxylation sites is 2. The summed E-state index contributed by atoms with van der Waals surface area (Å²) < 4.78 is 2.45. The first kappa shape index (κ1) is 28.5. The summed E-state index contributed by atoms with van der Waals surface area (Å²) in [5.74, 6) is 0. The summed E-state index contributed by atoms with van der Waals surface area (Å²) in [5.41, 5.74) is 8.34. The van der Waals surface area contributed by atoms with E-state index in [-0.39, 0.29) is 0 Å². The van der Waals surface area contributed by atoms with Crippen LogP contribution in [0.2, 0.25) is 0 Å². The highest BCUT2D eigenvalue weighted by molar-refractivity contribution is 8.03. The van der Waals surface area contributed by atoms with E-state index in [0.29, 0.717) is 0 Å². The van der Waals surface area contributed by atoms with Crippen LogP contribution < -0.4 is 4.90 Å². The Hall–Kier alpha value is -5.77. The fourth-order valence-corrected chi connectivity index (χ4v) is 8.40. The highest BCUT2D eigenvalue weighted by Gasteiger charge is 2.22. The van der Waals surface area contributed by atoms with E-state index < -0.39 is 0 Å². The predicted molar refractivity (Wildman–Crippen MR) is 208 cm³/mol. The summed E-state index contributed by atoms with van der Waals surface area (Å²) in [6.45, 7) is 4.15. The SMILES string of the molecule is C=C/C=C(\C=C1/Cc2ccc(N(c3ccccc3)c3ccccc3)cc2S1)n1c2ccc3ccccc3c2c2ccc3ccccc3c21. The Morgan fingerprint density at radius 1 is 0.625 bits per heavy atom. The van der Waals surface area contributed by atoms with E-state index in [4.69, 9.17) is 0 Å². The minimum Gasteiger partial charge on any atom is -0.310 e. The van der Waals surface area contributed by atoms with Gasteiger partial charge in [0.25, 0.3) is 0 Å². The summed E-state index contributed by atoms with van der Waals surface area (Å²) >= 11 is 1.87. The van der Waals surface area contributed by atoms with Crippen LogP contribution in [-0.2, 0) is 6.42 Å². The molecule has 0 amide bonds. The minimum absolute atomic E-state index is 0.895. The van der Waals surface area contributed by atoms with Crippen LogP contribution in [0.3, 0.4) is 0 Å². The second-order valence-corrected chi connectivity index (χ2v) is 13.4. The molecular formula is C45H32N2S. The van der Waals surface area contributed by atoms with Crippen molar-refractivity contribution in [3.63, 3.8) is 0 Å². The lowest BCUT2D eigenvalue weighted by molar-refractivity contribution is 1.18. The minimum atomic E-state index is 0.895. The smallest absolute Gasteiger partial charge is 0.0619 e. The standard InChI is InChI=1S/C45H32N2S/c1-2-13-36(47-42-27-24-31-14-9-11-20-39(31)44(42)41-26-23-32-15-10-12-21-40(32)45(41)47)29-38-28-33-22-25-37(30-43(33)48-38)46(34-16-5-3-6-17-34)35-18-7-4-8-19-35/h2-27,29-30H,1,28H2/b36-13+,38-29+. The zero-order chi connectivity index (χ0) is 32.0. The highest BCUT2D eigenvalue weighted by Crippen LogP contribution is 2.46. The predicted octanol–water partition coefficient (Wildman–Crippen LogP) is 12.8. The van der Waals surface area contributed by atoms with Crippen LogP contribution in [0.25, 0.3) is 49.0 Å². The summed E-state index contributed by atoms with van der Waals surface area (Å²) in [6.07, 6.45) is 7.34. The van der Waals surface area contributed by atoms with Crippen molar-refractivity contribution in [1.29, 1.82) is 0 Å². The van der Waals surface area contributed by atoms with Gasteiger partial charge in [-0.1, -0.05) is 134 Å². The number of aromatic nitrogens is 1. The molecule has 0 radical (unpaired) electrons. The topological polar surface area (TPSA) is 8.17 Å². The molecule has 0 unspecified atom stereocenters. The van der Waals surface area contributed by atoms with Gasteiger partial charge < -0.3 is 9.47 Å². The Bertz CT molecular complexity index is 2540. The van der Waals surface area contributed by atoms with Crippen molar-refractivity contribution in [3.05, 3.63) is 187 Å². The number of rotatable bonds is 6. The Morgan fingerprint density at radius 3 is 2.00 bits per heavy atom. The molecule has 0 saturated heterocycles. The average Bonchev–Trinajstić information content (AvgIpc) is 3.71. The van der Waals surface area contributed by atoms with Gasteiger partial charge in [-0.25, -0.2) is 0 Å². The van der Waals surface area contributed by atoms with Crippen LogP contribution >= 0.6 is 11.8 Å². The number of hydrogen-bond donors (Lipinski definition) is 0. The number of hydrogen-bond acceptors (Lipinski definition) is 2. The van der Waals surface area contributed by atoms with E-state index in [0.717, 1.165) is 29.2 Å². The van der Waals surface area contributed by atoms with Gasteiger partial charge in [0.15, 0.2) is 0 Å². The molecule has 0 aliphatic carbocycles. The largest absolute Gasteiger partial charge is 0.310 e. The molecule has 8 aromatic rings. The molecule has 0 N–H and O–H groups in total. The molecule has 0 spiro atoms. The van der Waals surface area contributed by atoms with E-state index in [1.807, 2.05) is 17.8 Å². The second kappa shape index (κ2) is 11.8. The first-order chi connectivity index (χ1) is 23.8. The molecule has 0 bridgehead atoms. The fourth-order valence-electron chi connectivity index (χ4n) is 7.26. The summed E-state index contributed by atoms with van der Waals surface area (Å²) in [6, 6.07) is 54.7. The van der Waals surface area contributed by atoms with Gasteiger partial charge in [0, 0.05) is 50.2 Å². The van der Waals surface area contributed by atoms with Crippen molar-refractivity contribution < 1.29 is 0 Å². The maximum Gasteiger partial charge on any atom is 0.0619 e. The van der Waals surface area contributed by atoms with Crippen molar-refractivity contribution in [1.82, 2.24) is 4.57 Å². The van der Waals surface area contributed by atoms with Crippen LogP contribution in [0, 0.1) is 0 Å². The molecule has 2 heterocycles. The molecule has 0 saturated carbocycles. The van der Waals surface area contributed by atoms with Gasteiger partial charge in [-0.2, -0.15) is 0 Å². The molecule has 1 aliphatic heterocycles. The van der Waals surface area contributed by atoms with Crippen LogP contribution in [0.1, 0.15) is 5.56 Å². The summed E-state index contributed by atoms with van der Waals surface area (Å²) in [4.78, 5) is 4.95. The van der Waals surface area contributed by atoms with Gasteiger partial charge in [-0.05, 0) is 81.2 Å². The van der Waals surface area contributed by atoms with Gasteiger partial charge >= 0.3 is 0 Å². The van der Waals surface area contributed by atoms with E-state index in [9.17, 15) is 0 Å². The normalized spacial score (nSPS) is 13.9. The van der Waals surface area contributed by atoms with Crippen LogP contribution in [0.5, 0.6) is 0 Å². The van der Waals surface area contributed by atoms with E-state index in [2.05, 4.69) is 180 Å². The first-order valence-corrected chi connectivity index (χ1v) is 17.2. The molecule has 0 fully saturated rings. The molecule has 228 valence electrons. The van der Waals surface area contributed by atoms with Gasteiger partial charge in [0.2, 0.25) is 0 Å². The molecule has 9 rings (SSSR count). The monoisotopic (exact) mass is 632 g/mol. The van der Waals surface area contributed by atoms with E-state index in [1.165, 1.54) is 58.7 Å². The number of thioether (sulfide) groups is 1. The number of allylic oxidation sites excluding steroid dienone is 5. The molecule has 1 aromatic heterocycles. The molecule has 2 nitrogen and oxygen atoms in total. The van der Waals surface area contributed by atoms with Crippen molar-refractivity contribution in [2.24, 2.45) is 0 Å². The third-order valence-corrected chi connectivity index (χ3v) is 10.5. The Labute approximate surface area is 284 Å². The Morgan fingerprint density at radius 2 is 1.27 bits per heavy atom. The summed E-state index contributed by atoms with van der Waals surface area (Å²) in [5, 5.41) is 7.57. The quantitative estimate of drug-likeness (QED) is 0.169. The highest BCUT2D eigenvalue weighted by atomic mass is 32.2. The molecular weight excluding hydrogens is 601 g/mol. The van der Waals surface area contributed by atoms with Gasteiger partial charge in [-0.3, -0.25) is 0 Å². The van der Waals surface area contributed by atoms with Crippen molar-refractivity contribution in [3.8, 4) is 0 Å². The number of nitrogens with zero attached hydrogens (tertiary/aromatic N) is 2. The zero-order valence-corrected chi connectivity index (χ0v) is 27.2. The molecule has 48 heavy (non-hydrogen) atoms. The van der Waals surface area contributed by atoms with Crippen LogP contribution in [-0.4, -0.2) is 4.57 Å². The second-order valence-electron chi connectivity index (χ2n) is 12.2. The van der Waals surface area contributed by atoms with E-state index in [1.54, 1.807) is 0 Å². The lowest BCUT2D eigenvalue weighted by Crippen LogP contribution is -2.09. The lowest BCUT2D eigenvalue weighted by Gasteiger charge is -2.25. The number of fused-ring (bicyclic) bond motifs is 8. The van der Waals surface area contributed by atoms with E-state index >= 15 is 0 Å². The number of benzene rings is 7. The zero-order valence-electron chi connectivity index (χ0n) is 26.4. The third kappa shape index (κ3) is 4.74. The van der Waals surface area contributed by atoms with Crippen LogP contribution in [0.15, 0.2) is 186 Å². The van der Waals surface area contributed by atoms with Gasteiger partial charge in [0.05, 0.1) is 11.0 Å². The van der Waals surface area contributed by atoms with Gasteiger partial charge in [0.1, 0.15) is 0 Å². The molecule has 1 aliphatic rings. The molecule has 0 atom stereocenters. The Balaban J connectivity index is 1.18. The summed E-state index contributed by atoms with van der Waals surface area (Å²) in [7, 11) is 0. The van der Waals surface area contributed by atoms with Crippen molar-refractivity contribution in [2.45, 2.75) is 11.3 Å². The lowest BCUT2D eigenvalue weighted by atomic mass is 10.0. The molecule has 3 heteroatoms. The maximum atomic E-state index is 4.15. The van der Waals surface area contributed by atoms with Gasteiger partial charge in [-0.15, -0.1) is 0 Å². The third-order valence-electron chi connectivity index (χ3n) is 9.34. The fraction of sp³-hybridized carbons (Fsp3) is 0.0222. The Kier molecular flexibility index (Phi) is 6.99.